The second-order valence-corrected chi connectivity index (χ2v) is 5.94. The summed E-state index contributed by atoms with van der Waals surface area (Å²) >= 11 is 0. The molecule has 0 atom stereocenters. The summed E-state index contributed by atoms with van der Waals surface area (Å²) in [5.41, 5.74) is 3.63. The second-order valence-electron chi connectivity index (χ2n) is 5.94. The van der Waals surface area contributed by atoms with Crippen LogP contribution in [0.3, 0.4) is 0 Å². The van der Waals surface area contributed by atoms with Gasteiger partial charge in [-0.05, 0) is 44.8 Å². The fourth-order valence-corrected chi connectivity index (χ4v) is 1.76. The molecule has 0 N–H and O–H groups in total. The van der Waals surface area contributed by atoms with Crippen molar-refractivity contribution in [2.45, 2.75) is 41.5 Å². The third kappa shape index (κ3) is 8.66. The van der Waals surface area contributed by atoms with Crippen LogP contribution >= 0.6 is 0 Å². The van der Waals surface area contributed by atoms with E-state index in [2.05, 4.69) is 22.6 Å². The summed E-state index contributed by atoms with van der Waals surface area (Å²) in [4.78, 5) is 16.7. The second kappa shape index (κ2) is 11.8. The number of hydrazone groups is 1. The Morgan fingerprint density at radius 3 is 2.32 bits per heavy atom. The van der Waals surface area contributed by atoms with Gasteiger partial charge in [-0.1, -0.05) is 56.2 Å². The van der Waals surface area contributed by atoms with Gasteiger partial charge in [-0.15, -0.1) is 6.42 Å². The largest absolute Gasteiger partial charge is 0.365 e. The average Bonchev–Trinajstić information content (AvgIpc) is 2.59. The average molecular weight is 339 g/mol. The topological polar surface area (TPSA) is 45.0 Å². The lowest BCUT2D eigenvalue weighted by Gasteiger charge is -2.14. The lowest BCUT2D eigenvalue weighted by atomic mass is 10.0. The van der Waals surface area contributed by atoms with E-state index in [1.807, 2.05) is 59.8 Å². The Bertz CT molecular complexity index is 668. The molecule has 0 aromatic rings. The maximum absolute atomic E-state index is 12.5. The quantitative estimate of drug-likeness (QED) is 0.273. The van der Waals surface area contributed by atoms with Crippen molar-refractivity contribution in [3.05, 3.63) is 47.6 Å². The summed E-state index contributed by atoms with van der Waals surface area (Å²) < 4.78 is 0. The normalized spacial score (nSPS) is 14.0. The molecular formula is C21H29N3O. The Kier molecular flexibility index (Phi) is 10.5. The Balaban J connectivity index is 5.48. The van der Waals surface area contributed by atoms with E-state index in [0.29, 0.717) is 0 Å². The van der Waals surface area contributed by atoms with Gasteiger partial charge in [0.2, 0.25) is 0 Å². The minimum atomic E-state index is -0.468. The van der Waals surface area contributed by atoms with Crippen molar-refractivity contribution in [2.75, 3.05) is 6.54 Å². The number of nitrogens with zero attached hydrogens (tertiary/aromatic N) is 3. The van der Waals surface area contributed by atoms with Crippen LogP contribution in [-0.4, -0.2) is 29.5 Å². The first kappa shape index (κ1) is 22.3. The summed E-state index contributed by atoms with van der Waals surface area (Å²) in [5, 5.41) is 5.37. The van der Waals surface area contributed by atoms with Crippen LogP contribution in [0.15, 0.2) is 57.7 Å². The molecule has 0 spiro atoms. The molecule has 25 heavy (non-hydrogen) atoms. The van der Waals surface area contributed by atoms with E-state index in [1.165, 1.54) is 5.01 Å². The highest BCUT2D eigenvalue weighted by molar-refractivity contribution is 6.06. The molecule has 0 heterocycles. The summed E-state index contributed by atoms with van der Waals surface area (Å²) in [5.74, 6) is 2.57. The summed E-state index contributed by atoms with van der Waals surface area (Å²) in [6, 6.07) is -0.468. The number of urea groups is 1. The molecule has 0 aliphatic rings. The lowest BCUT2D eigenvalue weighted by molar-refractivity contribution is 0.216. The Hall–Kier alpha value is -2.67. The molecule has 0 saturated heterocycles. The number of terminal acetylenes is 1. The predicted octanol–water partition coefficient (Wildman–Crippen LogP) is 5.17. The number of carbonyl (C=O) groups excluding carboxylic acids is 1. The van der Waals surface area contributed by atoms with Gasteiger partial charge in [0.25, 0.3) is 0 Å². The van der Waals surface area contributed by atoms with Gasteiger partial charge in [0.15, 0.2) is 0 Å². The van der Waals surface area contributed by atoms with Gasteiger partial charge < -0.3 is 0 Å². The number of hydrogen-bond donors (Lipinski definition) is 0. The molecule has 0 bridgehead atoms. The van der Waals surface area contributed by atoms with Crippen LogP contribution in [0.25, 0.3) is 0 Å². The molecule has 4 heteroatoms. The third-order valence-electron chi connectivity index (χ3n) is 3.39. The van der Waals surface area contributed by atoms with Gasteiger partial charge in [-0.2, -0.15) is 10.1 Å². The van der Waals surface area contributed by atoms with Crippen molar-refractivity contribution in [1.82, 2.24) is 5.01 Å². The molecule has 4 nitrogen and oxygen atoms in total. The SMILES string of the molecule is C#CCN(N=CC(C)=CC=C(C)C=C)C(=O)N=C(/C(C)=C\C)C(C)C. The Morgan fingerprint density at radius 1 is 1.24 bits per heavy atom. The van der Waals surface area contributed by atoms with E-state index in [4.69, 9.17) is 6.42 Å². The van der Waals surface area contributed by atoms with Crippen LogP contribution in [0, 0.1) is 18.3 Å². The Labute approximate surface area is 152 Å². The van der Waals surface area contributed by atoms with Crippen LogP contribution in [0.2, 0.25) is 0 Å². The lowest BCUT2D eigenvalue weighted by Crippen LogP contribution is -2.25. The number of allylic oxidation sites excluding steroid dienone is 7. The predicted molar refractivity (Wildman–Crippen MR) is 109 cm³/mol. The summed E-state index contributed by atoms with van der Waals surface area (Å²) in [6.07, 6.45) is 14.5. The molecule has 0 fully saturated rings. The molecule has 0 radical (unpaired) electrons. The van der Waals surface area contributed by atoms with Gasteiger partial charge in [-0.25, -0.2) is 9.80 Å². The molecule has 0 aliphatic heterocycles. The molecule has 0 aliphatic carbocycles. The third-order valence-corrected chi connectivity index (χ3v) is 3.39. The van der Waals surface area contributed by atoms with E-state index in [1.54, 1.807) is 12.3 Å². The first-order chi connectivity index (χ1) is 11.8. The van der Waals surface area contributed by atoms with Gasteiger partial charge >= 0.3 is 6.03 Å². The van der Waals surface area contributed by atoms with Crippen LogP contribution in [-0.2, 0) is 0 Å². The molecule has 0 aromatic heterocycles. The summed E-state index contributed by atoms with van der Waals surface area (Å²) in [7, 11) is 0. The number of carbonyl (C=O) groups is 1. The zero-order valence-corrected chi connectivity index (χ0v) is 16.2. The molecular weight excluding hydrogens is 310 g/mol. The summed E-state index contributed by atoms with van der Waals surface area (Å²) in [6.45, 7) is 15.4. The molecule has 0 unspecified atom stereocenters. The molecule has 0 saturated carbocycles. The maximum Gasteiger partial charge on any atom is 0.365 e. The van der Waals surface area contributed by atoms with Crippen molar-refractivity contribution in [2.24, 2.45) is 16.0 Å². The highest BCUT2D eigenvalue weighted by Gasteiger charge is 2.14. The van der Waals surface area contributed by atoms with Crippen molar-refractivity contribution >= 4 is 18.0 Å². The highest BCUT2D eigenvalue weighted by atomic mass is 16.2. The zero-order valence-electron chi connectivity index (χ0n) is 16.2. The van der Waals surface area contributed by atoms with Crippen molar-refractivity contribution in [3.8, 4) is 12.3 Å². The van der Waals surface area contributed by atoms with Gasteiger partial charge in [0, 0.05) is 0 Å². The van der Waals surface area contributed by atoms with Crippen LogP contribution in [0.4, 0.5) is 4.79 Å². The van der Waals surface area contributed by atoms with Crippen LogP contribution in [0.1, 0.15) is 41.5 Å². The van der Waals surface area contributed by atoms with E-state index < -0.39 is 6.03 Å². The van der Waals surface area contributed by atoms with Crippen molar-refractivity contribution in [1.29, 1.82) is 0 Å². The molecule has 2 amide bonds. The number of rotatable bonds is 7. The molecule has 0 rings (SSSR count). The standard InChI is InChI=1S/C21H29N3O/c1-9-14-24(22-15-18(7)13-12-17(6)10-2)21(25)23-20(16(4)5)19(8)11-3/h1,10-13,15-16H,2,14H2,3-8H3/b17-12?,18-13?,19-11-,22-15?,23-20?. The van der Waals surface area contributed by atoms with Gasteiger partial charge in [0.1, 0.15) is 6.54 Å². The smallest absolute Gasteiger partial charge is 0.244 e. The van der Waals surface area contributed by atoms with E-state index in [-0.39, 0.29) is 12.5 Å². The molecule has 0 aromatic carbocycles. The maximum atomic E-state index is 12.5. The zero-order chi connectivity index (χ0) is 19.4. The van der Waals surface area contributed by atoms with E-state index >= 15 is 0 Å². The fraction of sp³-hybridized carbons (Fsp3) is 0.381. The molecule has 134 valence electrons. The van der Waals surface area contributed by atoms with E-state index in [9.17, 15) is 4.79 Å². The van der Waals surface area contributed by atoms with E-state index in [0.717, 1.165) is 22.4 Å². The van der Waals surface area contributed by atoms with Crippen LogP contribution < -0.4 is 0 Å². The number of aliphatic imine (C=N–C) groups is 1. The number of amides is 2. The monoisotopic (exact) mass is 339 g/mol. The van der Waals surface area contributed by atoms with Gasteiger partial charge in [-0.3, -0.25) is 0 Å². The Morgan fingerprint density at radius 2 is 1.84 bits per heavy atom. The van der Waals surface area contributed by atoms with Crippen LogP contribution in [0.5, 0.6) is 0 Å². The fourth-order valence-electron chi connectivity index (χ4n) is 1.76. The first-order valence-electron chi connectivity index (χ1n) is 8.25. The first-order valence-corrected chi connectivity index (χ1v) is 8.25. The minimum absolute atomic E-state index is 0.0634. The highest BCUT2D eigenvalue weighted by Crippen LogP contribution is 2.10. The van der Waals surface area contributed by atoms with Gasteiger partial charge in [0.05, 0.1) is 11.9 Å². The van der Waals surface area contributed by atoms with Crippen molar-refractivity contribution < 1.29 is 4.79 Å². The minimum Gasteiger partial charge on any atom is -0.244 e. The van der Waals surface area contributed by atoms with Crippen molar-refractivity contribution in [3.63, 3.8) is 0 Å². The number of hydrogen-bond acceptors (Lipinski definition) is 2.